The van der Waals surface area contributed by atoms with Crippen molar-refractivity contribution in [1.29, 1.82) is 0 Å². The van der Waals surface area contributed by atoms with Crippen LogP contribution in [0.2, 0.25) is 10.2 Å². The SMILES string of the molecule is CN(C)CCN(CC(=O)O)C(=O)c1cnc(Cl)c(Cl)c1. The molecule has 0 aromatic carbocycles. The van der Waals surface area contributed by atoms with Gasteiger partial charge in [0.05, 0.1) is 10.6 Å². The summed E-state index contributed by atoms with van der Waals surface area (Å²) in [4.78, 5) is 30.0. The standard InChI is InChI=1S/C12H15Cl2N3O3/c1-16(2)3-4-17(7-10(18)19)12(20)8-5-9(13)11(14)15-6-8/h5-6H,3-4,7H2,1-2H3,(H,18,19). The number of carboxylic acid groups (broad SMARTS) is 1. The van der Waals surface area contributed by atoms with Crippen molar-refractivity contribution < 1.29 is 14.7 Å². The summed E-state index contributed by atoms with van der Waals surface area (Å²) >= 11 is 11.5. The molecule has 0 fully saturated rings. The van der Waals surface area contributed by atoms with Crippen molar-refractivity contribution in [2.45, 2.75) is 0 Å². The molecule has 110 valence electrons. The van der Waals surface area contributed by atoms with Crippen LogP contribution in [-0.4, -0.2) is 65.5 Å². The molecular weight excluding hydrogens is 305 g/mol. The number of carbonyl (C=O) groups excluding carboxylic acids is 1. The van der Waals surface area contributed by atoms with E-state index in [9.17, 15) is 9.59 Å². The van der Waals surface area contributed by atoms with Crippen LogP contribution in [-0.2, 0) is 4.79 Å². The smallest absolute Gasteiger partial charge is 0.323 e. The van der Waals surface area contributed by atoms with E-state index < -0.39 is 11.9 Å². The number of hydrogen-bond donors (Lipinski definition) is 1. The maximum Gasteiger partial charge on any atom is 0.323 e. The fourth-order valence-electron chi connectivity index (χ4n) is 1.46. The Labute approximate surface area is 126 Å². The van der Waals surface area contributed by atoms with E-state index in [1.54, 1.807) is 0 Å². The van der Waals surface area contributed by atoms with Gasteiger partial charge >= 0.3 is 5.97 Å². The summed E-state index contributed by atoms with van der Waals surface area (Å²) < 4.78 is 0. The van der Waals surface area contributed by atoms with E-state index in [0.717, 1.165) is 0 Å². The molecule has 0 aliphatic rings. The number of pyridine rings is 1. The highest BCUT2D eigenvalue weighted by atomic mass is 35.5. The van der Waals surface area contributed by atoms with Crippen LogP contribution in [0, 0.1) is 0 Å². The van der Waals surface area contributed by atoms with Gasteiger partial charge in [-0.25, -0.2) is 4.98 Å². The molecule has 1 aromatic heterocycles. The third kappa shape index (κ3) is 4.96. The maximum atomic E-state index is 12.3. The van der Waals surface area contributed by atoms with Crippen LogP contribution < -0.4 is 0 Å². The third-order valence-corrected chi connectivity index (χ3v) is 3.16. The molecule has 1 rings (SSSR count). The van der Waals surface area contributed by atoms with Gasteiger partial charge in [-0.3, -0.25) is 9.59 Å². The number of amides is 1. The Bertz CT molecular complexity index is 509. The average molecular weight is 320 g/mol. The first-order valence-electron chi connectivity index (χ1n) is 5.78. The van der Waals surface area contributed by atoms with E-state index in [2.05, 4.69) is 4.98 Å². The van der Waals surface area contributed by atoms with Gasteiger partial charge in [0.25, 0.3) is 5.91 Å². The third-order valence-electron chi connectivity index (χ3n) is 2.47. The van der Waals surface area contributed by atoms with Crippen LogP contribution in [0.4, 0.5) is 0 Å². The first kappa shape index (κ1) is 16.7. The molecule has 8 heteroatoms. The van der Waals surface area contributed by atoms with Crippen molar-refractivity contribution in [3.63, 3.8) is 0 Å². The molecule has 0 saturated heterocycles. The lowest BCUT2D eigenvalue weighted by molar-refractivity contribution is -0.137. The Morgan fingerprint density at radius 3 is 2.45 bits per heavy atom. The highest BCUT2D eigenvalue weighted by Crippen LogP contribution is 2.20. The average Bonchev–Trinajstić information content (AvgIpc) is 2.36. The van der Waals surface area contributed by atoms with E-state index in [0.29, 0.717) is 13.1 Å². The normalized spacial score (nSPS) is 10.7. The molecule has 6 nitrogen and oxygen atoms in total. The van der Waals surface area contributed by atoms with E-state index in [1.165, 1.54) is 17.2 Å². The number of halogens is 2. The second-order valence-electron chi connectivity index (χ2n) is 4.42. The van der Waals surface area contributed by atoms with Gasteiger partial charge in [-0.2, -0.15) is 0 Å². The van der Waals surface area contributed by atoms with Gasteiger partial charge in [-0.15, -0.1) is 0 Å². The summed E-state index contributed by atoms with van der Waals surface area (Å²) in [5, 5.41) is 9.12. The van der Waals surface area contributed by atoms with Crippen molar-refractivity contribution in [3.05, 3.63) is 28.0 Å². The van der Waals surface area contributed by atoms with Crippen LogP contribution in [0.3, 0.4) is 0 Å². The molecule has 1 amide bonds. The second-order valence-corrected chi connectivity index (χ2v) is 5.19. The molecule has 0 unspecified atom stereocenters. The van der Waals surface area contributed by atoms with Gasteiger partial charge in [0.15, 0.2) is 0 Å². The molecular formula is C12H15Cl2N3O3. The quantitative estimate of drug-likeness (QED) is 0.804. The Balaban J connectivity index is 2.90. The highest BCUT2D eigenvalue weighted by molar-refractivity contribution is 6.41. The van der Waals surface area contributed by atoms with Gasteiger partial charge in [0.1, 0.15) is 11.7 Å². The minimum atomic E-state index is -1.08. The van der Waals surface area contributed by atoms with Gasteiger partial charge < -0.3 is 14.9 Å². The number of aromatic nitrogens is 1. The van der Waals surface area contributed by atoms with Crippen LogP contribution in [0.1, 0.15) is 10.4 Å². The number of hydrogen-bond acceptors (Lipinski definition) is 4. The monoisotopic (exact) mass is 319 g/mol. The van der Waals surface area contributed by atoms with E-state index in [1.807, 2.05) is 19.0 Å². The van der Waals surface area contributed by atoms with Gasteiger partial charge in [-0.05, 0) is 20.2 Å². The van der Waals surface area contributed by atoms with Crippen molar-refractivity contribution in [3.8, 4) is 0 Å². The number of nitrogens with zero attached hydrogens (tertiary/aromatic N) is 3. The summed E-state index contributed by atoms with van der Waals surface area (Å²) in [5.74, 6) is -1.52. The minimum Gasteiger partial charge on any atom is -0.480 e. The number of rotatable bonds is 6. The van der Waals surface area contributed by atoms with Gasteiger partial charge in [0, 0.05) is 19.3 Å². The molecule has 1 heterocycles. The molecule has 0 aliphatic carbocycles. The van der Waals surface area contributed by atoms with Crippen molar-refractivity contribution in [1.82, 2.24) is 14.8 Å². The first-order chi connectivity index (χ1) is 9.31. The molecule has 1 aromatic rings. The molecule has 0 atom stereocenters. The lowest BCUT2D eigenvalue weighted by Gasteiger charge is -2.22. The van der Waals surface area contributed by atoms with E-state index in [-0.39, 0.29) is 22.3 Å². The molecule has 0 radical (unpaired) electrons. The maximum absolute atomic E-state index is 12.3. The van der Waals surface area contributed by atoms with Crippen LogP contribution >= 0.6 is 23.2 Å². The first-order valence-corrected chi connectivity index (χ1v) is 6.53. The van der Waals surface area contributed by atoms with Gasteiger partial charge in [0.2, 0.25) is 0 Å². The van der Waals surface area contributed by atoms with Crippen molar-refractivity contribution in [2.24, 2.45) is 0 Å². The van der Waals surface area contributed by atoms with E-state index >= 15 is 0 Å². The number of carboxylic acids is 1. The molecule has 20 heavy (non-hydrogen) atoms. The van der Waals surface area contributed by atoms with Crippen LogP contribution in [0.15, 0.2) is 12.3 Å². The zero-order valence-corrected chi connectivity index (χ0v) is 12.6. The molecule has 0 aliphatic heterocycles. The van der Waals surface area contributed by atoms with Crippen molar-refractivity contribution >= 4 is 35.1 Å². The fourth-order valence-corrected chi connectivity index (χ4v) is 1.73. The number of likely N-dealkylation sites (N-methyl/N-ethyl adjacent to an activating group) is 1. The lowest BCUT2D eigenvalue weighted by atomic mass is 10.2. The molecule has 0 spiro atoms. The minimum absolute atomic E-state index is 0.0984. The Morgan fingerprint density at radius 1 is 1.30 bits per heavy atom. The number of carbonyl (C=O) groups is 2. The molecule has 0 bridgehead atoms. The fraction of sp³-hybridized carbons (Fsp3) is 0.417. The van der Waals surface area contributed by atoms with Crippen molar-refractivity contribution in [2.75, 3.05) is 33.7 Å². The van der Waals surface area contributed by atoms with Gasteiger partial charge in [-0.1, -0.05) is 23.2 Å². The summed E-state index contributed by atoms with van der Waals surface area (Å²) in [7, 11) is 3.67. The highest BCUT2D eigenvalue weighted by Gasteiger charge is 2.19. The number of aliphatic carboxylic acids is 1. The summed E-state index contributed by atoms with van der Waals surface area (Å²) in [6.07, 6.45) is 1.28. The Hall–Kier alpha value is -1.37. The van der Waals surface area contributed by atoms with Crippen LogP contribution in [0.25, 0.3) is 0 Å². The predicted octanol–water partition coefficient (Wildman–Crippen LogP) is 1.48. The summed E-state index contributed by atoms with van der Waals surface area (Å²) in [6, 6.07) is 1.38. The zero-order chi connectivity index (χ0) is 15.3. The van der Waals surface area contributed by atoms with E-state index in [4.69, 9.17) is 28.3 Å². The topological polar surface area (TPSA) is 73.7 Å². The second kappa shape index (κ2) is 7.42. The predicted molar refractivity (Wildman–Crippen MR) is 76.4 cm³/mol. The summed E-state index contributed by atoms with van der Waals surface area (Å²) in [6.45, 7) is 0.457. The Kier molecular flexibility index (Phi) is 6.19. The molecule has 0 saturated carbocycles. The van der Waals surface area contributed by atoms with Crippen LogP contribution in [0.5, 0.6) is 0 Å². The molecule has 1 N–H and O–H groups in total. The lowest BCUT2D eigenvalue weighted by Crippen LogP contribution is -2.40. The Morgan fingerprint density at radius 2 is 1.95 bits per heavy atom. The summed E-state index contributed by atoms with van der Waals surface area (Å²) in [5.41, 5.74) is 0.208. The largest absolute Gasteiger partial charge is 0.480 e. The zero-order valence-electron chi connectivity index (χ0n) is 11.1.